The van der Waals surface area contributed by atoms with Gasteiger partial charge in [0.1, 0.15) is 0 Å². The number of nitrogens with one attached hydrogen (secondary N) is 1. The Kier molecular flexibility index (Phi) is 7.80. The molecule has 0 bridgehead atoms. The number of hydrogen-bond acceptors (Lipinski definition) is 6. The lowest BCUT2D eigenvalue weighted by Gasteiger charge is -2.21. The summed E-state index contributed by atoms with van der Waals surface area (Å²) < 4.78 is 2.05. The number of thioether (sulfide) groups is 1. The first-order valence-corrected chi connectivity index (χ1v) is 13.2. The number of amides is 1. The molecule has 4 rings (SSSR count). The number of carbonyl (C=O) groups excluding carboxylic acids is 1. The van der Waals surface area contributed by atoms with Crippen LogP contribution in [0.3, 0.4) is 0 Å². The molecule has 0 fully saturated rings. The van der Waals surface area contributed by atoms with Crippen LogP contribution < -0.4 is 5.32 Å². The molecule has 3 heterocycles. The number of benzene rings is 1. The second-order valence-electron chi connectivity index (χ2n) is 8.69. The Morgan fingerprint density at radius 3 is 2.56 bits per heavy atom. The highest BCUT2D eigenvalue weighted by molar-refractivity contribution is 7.99. The van der Waals surface area contributed by atoms with E-state index in [4.69, 9.17) is 0 Å². The molecule has 0 radical (unpaired) electrons. The second-order valence-corrected chi connectivity index (χ2v) is 10.6. The first-order chi connectivity index (χ1) is 16.5. The molecule has 1 aromatic carbocycles. The lowest BCUT2D eigenvalue weighted by atomic mass is 10.0. The third kappa shape index (κ3) is 5.39. The van der Waals surface area contributed by atoms with E-state index in [1.807, 2.05) is 40.3 Å². The summed E-state index contributed by atoms with van der Waals surface area (Å²) in [6.07, 6.45) is 3.53. The van der Waals surface area contributed by atoms with Crippen LogP contribution in [0.25, 0.3) is 17.1 Å². The standard InChI is InChI=1S/C26H29N5OS2/c1-17(2)20-10-5-6-11-21(20)31-25(19-9-7-13-27-15-19)29-30-26(31)34-16-23(32)28-24(18(3)4)22-12-8-14-33-22/h5-15,17-18,24H,16H2,1-4H3,(H,28,32)/t24-/m1/s1. The zero-order valence-corrected chi connectivity index (χ0v) is 21.4. The van der Waals surface area contributed by atoms with Gasteiger partial charge in [-0.3, -0.25) is 14.3 Å². The van der Waals surface area contributed by atoms with Crippen molar-refractivity contribution in [1.29, 1.82) is 0 Å². The van der Waals surface area contributed by atoms with Crippen LogP contribution in [0, 0.1) is 5.92 Å². The summed E-state index contributed by atoms with van der Waals surface area (Å²) in [6.45, 7) is 8.59. The summed E-state index contributed by atoms with van der Waals surface area (Å²) in [7, 11) is 0. The van der Waals surface area contributed by atoms with Gasteiger partial charge in [0.2, 0.25) is 5.91 Å². The molecule has 176 valence electrons. The van der Waals surface area contributed by atoms with Gasteiger partial charge in [0.05, 0.1) is 17.5 Å². The first-order valence-electron chi connectivity index (χ1n) is 11.4. The maximum Gasteiger partial charge on any atom is 0.230 e. The van der Waals surface area contributed by atoms with E-state index in [0.717, 1.165) is 11.3 Å². The second kappa shape index (κ2) is 11.0. The van der Waals surface area contributed by atoms with E-state index in [-0.39, 0.29) is 17.7 Å². The fourth-order valence-electron chi connectivity index (χ4n) is 3.82. The van der Waals surface area contributed by atoms with Crippen molar-refractivity contribution in [2.45, 2.75) is 44.8 Å². The lowest BCUT2D eigenvalue weighted by molar-refractivity contribution is -0.119. The largest absolute Gasteiger partial charge is 0.347 e. The number of rotatable bonds is 9. The average Bonchev–Trinajstić information content (AvgIpc) is 3.52. The SMILES string of the molecule is CC(C)c1ccccc1-n1c(SCC(=O)N[C@@H](c2cccs2)C(C)C)nnc1-c1cccnc1. The van der Waals surface area contributed by atoms with Gasteiger partial charge in [0.15, 0.2) is 11.0 Å². The van der Waals surface area contributed by atoms with E-state index in [2.05, 4.69) is 66.4 Å². The van der Waals surface area contributed by atoms with Gasteiger partial charge in [-0.2, -0.15) is 0 Å². The maximum absolute atomic E-state index is 12.9. The molecule has 0 aliphatic rings. The molecule has 8 heteroatoms. The quantitative estimate of drug-likeness (QED) is 0.286. The fraction of sp³-hybridized carbons (Fsp3) is 0.308. The normalized spacial score (nSPS) is 12.3. The van der Waals surface area contributed by atoms with Gasteiger partial charge in [0.25, 0.3) is 0 Å². The van der Waals surface area contributed by atoms with Crippen LogP contribution in [0.15, 0.2) is 71.5 Å². The van der Waals surface area contributed by atoms with Gasteiger partial charge >= 0.3 is 0 Å². The van der Waals surface area contributed by atoms with E-state index in [1.54, 1.807) is 23.7 Å². The Bertz CT molecular complexity index is 1220. The van der Waals surface area contributed by atoms with Crippen LogP contribution in [-0.4, -0.2) is 31.4 Å². The molecule has 4 aromatic rings. The number of aromatic nitrogens is 4. The van der Waals surface area contributed by atoms with Crippen LogP contribution in [-0.2, 0) is 4.79 Å². The number of carbonyl (C=O) groups is 1. The lowest BCUT2D eigenvalue weighted by Crippen LogP contribution is -2.32. The monoisotopic (exact) mass is 491 g/mol. The van der Waals surface area contributed by atoms with Crippen LogP contribution in [0.5, 0.6) is 0 Å². The maximum atomic E-state index is 12.9. The molecule has 6 nitrogen and oxygen atoms in total. The number of thiophene rings is 1. The van der Waals surface area contributed by atoms with Crippen LogP contribution >= 0.6 is 23.1 Å². The topological polar surface area (TPSA) is 72.7 Å². The number of pyridine rings is 1. The fourth-order valence-corrected chi connectivity index (χ4v) is 5.53. The van der Waals surface area contributed by atoms with E-state index >= 15 is 0 Å². The Morgan fingerprint density at radius 2 is 1.88 bits per heavy atom. The molecule has 0 unspecified atom stereocenters. The van der Waals surface area contributed by atoms with Gasteiger partial charge in [-0.05, 0) is 47.0 Å². The highest BCUT2D eigenvalue weighted by Crippen LogP contribution is 2.32. The zero-order valence-electron chi connectivity index (χ0n) is 19.8. The third-order valence-corrected chi connectivity index (χ3v) is 7.40. The number of para-hydroxylation sites is 1. The third-order valence-electron chi connectivity index (χ3n) is 5.52. The predicted molar refractivity (Wildman–Crippen MR) is 139 cm³/mol. The zero-order chi connectivity index (χ0) is 24.1. The highest BCUT2D eigenvalue weighted by atomic mass is 32.2. The Hall–Kier alpha value is -2.97. The van der Waals surface area contributed by atoms with Crippen LogP contribution in [0.2, 0.25) is 0 Å². The van der Waals surface area contributed by atoms with Crippen molar-refractivity contribution in [3.8, 4) is 17.1 Å². The Morgan fingerprint density at radius 1 is 1.06 bits per heavy atom. The van der Waals surface area contributed by atoms with Gasteiger partial charge in [-0.15, -0.1) is 21.5 Å². The molecular weight excluding hydrogens is 462 g/mol. The van der Waals surface area contributed by atoms with Crippen molar-refractivity contribution in [3.63, 3.8) is 0 Å². The van der Waals surface area contributed by atoms with Crippen molar-refractivity contribution in [1.82, 2.24) is 25.1 Å². The van der Waals surface area contributed by atoms with E-state index in [9.17, 15) is 4.79 Å². The number of hydrogen-bond donors (Lipinski definition) is 1. The Balaban J connectivity index is 1.63. The molecule has 0 aliphatic carbocycles. The van der Waals surface area contributed by atoms with Gasteiger partial charge in [0, 0.05) is 22.8 Å². The summed E-state index contributed by atoms with van der Waals surface area (Å²) in [5.41, 5.74) is 3.08. The molecule has 0 spiro atoms. The minimum atomic E-state index is -0.0216. The van der Waals surface area contributed by atoms with Crippen molar-refractivity contribution >= 4 is 29.0 Å². The van der Waals surface area contributed by atoms with Gasteiger partial charge < -0.3 is 5.32 Å². The predicted octanol–water partition coefficient (Wildman–Crippen LogP) is 6.12. The average molecular weight is 492 g/mol. The molecule has 0 saturated heterocycles. The highest BCUT2D eigenvalue weighted by Gasteiger charge is 2.22. The Labute approximate surface area is 208 Å². The van der Waals surface area contributed by atoms with E-state index in [0.29, 0.717) is 22.8 Å². The summed E-state index contributed by atoms with van der Waals surface area (Å²) in [5, 5.41) is 14.9. The molecule has 0 saturated carbocycles. The molecule has 34 heavy (non-hydrogen) atoms. The number of nitrogens with zero attached hydrogens (tertiary/aromatic N) is 4. The minimum Gasteiger partial charge on any atom is -0.347 e. The molecule has 3 aromatic heterocycles. The molecule has 0 aliphatic heterocycles. The molecule has 1 N–H and O–H groups in total. The minimum absolute atomic E-state index is 0.00130. The summed E-state index contributed by atoms with van der Waals surface area (Å²) >= 11 is 3.06. The first kappa shape index (κ1) is 24.2. The molecule has 1 atom stereocenters. The summed E-state index contributed by atoms with van der Waals surface area (Å²) in [5.74, 6) is 1.56. The molecule has 1 amide bonds. The molecular formula is C26H29N5OS2. The van der Waals surface area contributed by atoms with E-state index in [1.165, 1.54) is 22.2 Å². The smallest absolute Gasteiger partial charge is 0.230 e. The van der Waals surface area contributed by atoms with Crippen molar-refractivity contribution in [3.05, 3.63) is 76.7 Å². The van der Waals surface area contributed by atoms with Gasteiger partial charge in [-0.25, -0.2) is 0 Å². The summed E-state index contributed by atoms with van der Waals surface area (Å²) in [6, 6.07) is 16.2. The van der Waals surface area contributed by atoms with Crippen molar-refractivity contribution in [2.75, 3.05) is 5.75 Å². The van der Waals surface area contributed by atoms with Crippen molar-refractivity contribution in [2.24, 2.45) is 5.92 Å². The summed E-state index contributed by atoms with van der Waals surface area (Å²) in [4.78, 5) is 18.4. The van der Waals surface area contributed by atoms with Crippen LogP contribution in [0.1, 0.15) is 50.1 Å². The van der Waals surface area contributed by atoms with E-state index < -0.39 is 0 Å². The van der Waals surface area contributed by atoms with Crippen LogP contribution in [0.4, 0.5) is 0 Å². The van der Waals surface area contributed by atoms with Crippen molar-refractivity contribution < 1.29 is 4.79 Å². The van der Waals surface area contributed by atoms with Gasteiger partial charge in [-0.1, -0.05) is 63.7 Å².